The molecule has 13 nitrogen and oxygen atoms in total. The number of thiophene rings is 1. The second-order valence-electron chi connectivity index (χ2n) is 15.7. The Hall–Kier alpha value is -5.39. The number of pyridine rings is 1. The second-order valence-corrected chi connectivity index (χ2v) is 17.3. The van der Waals surface area contributed by atoms with Crippen molar-refractivity contribution in [3.8, 4) is 22.6 Å². The minimum atomic E-state index is -0.207. The summed E-state index contributed by atoms with van der Waals surface area (Å²) in [6.45, 7) is 8.51. The van der Waals surface area contributed by atoms with Gasteiger partial charge in [0.1, 0.15) is 34.9 Å². The highest BCUT2D eigenvalue weighted by Crippen LogP contribution is 2.50. The fourth-order valence-electron chi connectivity index (χ4n) is 8.70. The zero-order valence-electron chi connectivity index (χ0n) is 32.2. The predicted octanol–water partition coefficient (Wildman–Crippen LogP) is 7.26. The number of hydrogen-bond acceptors (Lipinski definition) is 12. The van der Waals surface area contributed by atoms with E-state index in [2.05, 4.69) is 55.1 Å². The molecule has 0 unspecified atom stereocenters. The summed E-state index contributed by atoms with van der Waals surface area (Å²) in [5.74, 6) is 3.73. The molecular formula is C42H43ClN10O3S. The third kappa shape index (κ3) is 7.34. The van der Waals surface area contributed by atoms with Crippen molar-refractivity contribution in [1.82, 2.24) is 35.3 Å². The number of hydrogen-bond donors (Lipinski definition) is 1. The maximum Gasteiger partial charge on any atom is 0.272 e. The number of carbonyl (C=O) groups excluding carboxylic acids is 1. The summed E-state index contributed by atoms with van der Waals surface area (Å²) >= 11 is 7.90. The van der Waals surface area contributed by atoms with Crippen LogP contribution in [0.15, 0.2) is 53.7 Å². The number of carbonyl (C=O) groups is 1. The molecule has 15 heteroatoms. The van der Waals surface area contributed by atoms with E-state index in [1.807, 2.05) is 31.3 Å². The van der Waals surface area contributed by atoms with Gasteiger partial charge in [-0.25, -0.2) is 0 Å². The average Bonchev–Trinajstić information content (AvgIpc) is 3.66. The lowest BCUT2D eigenvalue weighted by molar-refractivity contribution is -0.0312. The van der Waals surface area contributed by atoms with Crippen molar-refractivity contribution < 1.29 is 14.3 Å². The monoisotopic (exact) mass is 802 g/mol. The van der Waals surface area contributed by atoms with Crippen LogP contribution >= 0.6 is 22.9 Å². The number of piperidine rings is 1. The van der Waals surface area contributed by atoms with Crippen LogP contribution in [0.4, 0.5) is 5.82 Å². The number of aryl methyl sites for hydroxylation is 2. The quantitative estimate of drug-likeness (QED) is 0.169. The van der Waals surface area contributed by atoms with Crippen LogP contribution in [0.5, 0.6) is 11.5 Å². The number of halogens is 1. The van der Waals surface area contributed by atoms with Gasteiger partial charge in [-0.05, 0) is 120 Å². The van der Waals surface area contributed by atoms with Gasteiger partial charge in [-0.3, -0.25) is 19.3 Å². The van der Waals surface area contributed by atoms with Gasteiger partial charge in [0, 0.05) is 35.6 Å². The maximum atomic E-state index is 13.0. The number of nitriles is 1. The van der Waals surface area contributed by atoms with Crippen molar-refractivity contribution in [2.24, 2.45) is 10.4 Å². The number of ether oxygens (including phenoxy) is 2. The lowest BCUT2D eigenvalue weighted by Gasteiger charge is -2.51. The molecule has 6 heterocycles. The van der Waals surface area contributed by atoms with E-state index in [4.69, 9.17) is 36.3 Å². The zero-order chi connectivity index (χ0) is 39.3. The van der Waals surface area contributed by atoms with Gasteiger partial charge in [0.05, 0.1) is 40.4 Å². The Morgan fingerprint density at radius 3 is 2.42 bits per heavy atom. The van der Waals surface area contributed by atoms with Gasteiger partial charge in [0.2, 0.25) is 0 Å². The fraction of sp³-hybridized carbons (Fsp3) is 0.429. The fourth-order valence-corrected chi connectivity index (χ4v) is 10.1. The number of aromatic nitrogens is 6. The van der Waals surface area contributed by atoms with Gasteiger partial charge in [0.15, 0.2) is 17.3 Å². The molecule has 0 atom stereocenters. The number of aliphatic imine (C=N–C) groups is 1. The highest BCUT2D eigenvalue weighted by molar-refractivity contribution is 7.15. The van der Waals surface area contributed by atoms with Crippen LogP contribution in [0.1, 0.15) is 101 Å². The van der Waals surface area contributed by atoms with E-state index >= 15 is 0 Å². The molecule has 0 radical (unpaired) electrons. The summed E-state index contributed by atoms with van der Waals surface area (Å²) in [4.78, 5) is 26.4. The summed E-state index contributed by atoms with van der Waals surface area (Å²) in [6.07, 6.45) is 9.41. The molecule has 1 aromatic carbocycles. The second kappa shape index (κ2) is 15.2. The molecule has 1 saturated heterocycles. The van der Waals surface area contributed by atoms with Crippen LogP contribution in [-0.4, -0.2) is 72.9 Å². The van der Waals surface area contributed by atoms with Crippen molar-refractivity contribution in [1.29, 1.82) is 5.26 Å². The van der Waals surface area contributed by atoms with E-state index in [1.54, 1.807) is 35.6 Å². The summed E-state index contributed by atoms with van der Waals surface area (Å²) < 4.78 is 14.6. The Morgan fingerprint density at radius 2 is 1.72 bits per heavy atom. The topological polar surface area (TPSA) is 156 Å². The number of amides is 1. The van der Waals surface area contributed by atoms with Crippen LogP contribution in [0.2, 0.25) is 5.02 Å². The minimum absolute atomic E-state index is 0.0341. The van der Waals surface area contributed by atoms with Crippen LogP contribution in [0.25, 0.3) is 5.00 Å². The van der Waals surface area contributed by atoms with Crippen molar-refractivity contribution >= 4 is 40.4 Å². The Morgan fingerprint density at radius 1 is 0.947 bits per heavy atom. The normalized spacial score (nSPS) is 20.1. The molecule has 1 amide bonds. The molecule has 9 rings (SSSR count). The van der Waals surface area contributed by atoms with Gasteiger partial charge in [-0.15, -0.1) is 31.7 Å². The highest BCUT2D eigenvalue weighted by Gasteiger charge is 2.47. The van der Waals surface area contributed by atoms with Gasteiger partial charge in [-0.1, -0.05) is 11.6 Å². The van der Waals surface area contributed by atoms with Crippen molar-refractivity contribution in [2.75, 3.05) is 18.0 Å². The first-order valence-electron chi connectivity index (χ1n) is 19.6. The van der Waals surface area contributed by atoms with E-state index in [0.29, 0.717) is 28.6 Å². The zero-order valence-corrected chi connectivity index (χ0v) is 33.7. The first kappa shape index (κ1) is 37.2. The number of nitrogens with one attached hydrogen (secondary N) is 1. The predicted molar refractivity (Wildman–Crippen MR) is 217 cm³/mol. The Kier molecular flexibility index (Phi) is 9.90. The Balaban J connectivity index is 0.730. The minimum Gasteiger partial charge on any atom is -0.490 e. The number of fused-ring (bicyclic) bond motifs is 3. The SMILES string of the molecule is Cc1sc2c(c1C)C(c1ccc(OC3CC4(CCN(c5ccc(C(=O)NC6CCC(Oc7ccc(C#N)c(Cl)c7)CC6)nn5)CC4)C3)cn1)=NCc1nnc(C)n1-2. The molecular weight excluding hydrogens is 760 g/mol. The van der Waals surface area contributed by atoms with Gasteiger partial charge in [0.25, 0.3) is 5.91 Å². The van der Waals surface area contributed by atoms with E-state index in [1.165, 1.54) is 10.4 Å². The number of nitrogens with zero attached hydrogens (tertiary/aromatic N) is 9. The molecule has 57 heavy (non-hydrogen) atoms. The maximum absolute atomic E-state index is 13.0. The number of rotatable bonds is 8. The van der Waals surface area contributed by atoms with Crippen LogP contribution in [-0.2, 0) is 6.54 Å². The summed E-state index contributed by atoms with van der Waals surface area (Å²) in [5.41, 5.74) is 5.05. The molecule has 2 aliphatic carbocycles. The van der Waals surface area contributed by atoms with E-state index in [-0.39, 0.29) is 29.6 Å². The molecule has 292 valence electrons. The summed E-state index contributed by atoms with van der Waals surface area (Å²) in [6, 6.07) is 15.0. The smallest absolute Gasteiger partial charge is 0.272 e. The van der Waals surface area contributed by atoms with Crippen LogP contribution in [0, 0.1) is 37.5 Å². The lowest BCUT2D eigenvalue weighted by Crippen LogP contribution is -2.51. The summed E-state index contributed by atoms with van der Waals surface area (Å²) in [5, 5.41) is 31.2. The van der Waals surface area contributed by atoms with Gasteiger partial charge >= 0.3 is 0 Å². The summed E-state index contributed by atoms with van der Waals surface area (Å²) in [7, 11) is 0. The number of anilines is 1. The molecule has 1 N–H and O–H groups in total. The number of benzene rings is 1. The molecule has 4 aliphatic rings. The van der Waals surface area contributed by atoms with Crippen LogP contribution in [0.3, 0.4) is 0 Å². The molecule has 5 aromatic rings. The largest absolute Gasteiger partial charge is 0.490 e. The van der Waals surface area contributed by atoms with Crippen molar-refractivity contribution in [3.63, 3.8) is 0 Å². The average molecular weight is 803 g/mol. The van der Waals surface area contributed by atoms with Crippen LogP contribution < -0.4 is 19.7 Å². The van der Waals surface area contributed by atoms with Crippen molar-refractivity contribution in [2.45, 2.75) is 96.9 Å². The van der Waals surface area contributed by atoms with E-state index in [9.17, 15) is 4.79 Å². The molecule has 3 fully saturated rings. The standard InChI is InChI=1S/C42H43ClN10O3S/c1-24-25(2)57-41-38(24)39(46-23-37-51-48-26(3)53(37)41)34-11-10-31(22-45-34)56-32-19-42(20-32)14-16-52(17-15-42)36-13-12-35(49-50-36)40(54)47-28-5-8-29(9-6-28)55-30-7-4-27(21-44)33(43)18-30/h4,7,10-13,18,22,28-29,32H,5-6,8-9,14-17,19-20,23H2,1-3H3,(H,47,54). The molecule has 0 bridgehead atoms. The third-order valence-corrected chi connectivity index (χ3v) is 13.6. The van der Waals surface area contributed by atoms with E-state index in [0.717, 1.165) is 110 Å². The highest BCUT2D eigenvalue weighted by atomic mass is 35.5. The Bertz CT molecular complexity index is 2380. The molecule has 2 aliphatic heterocycles. The van der Waals surface area contributed by atoms with Crippen molar-refractivity contribution in [3.05, 3.63) is 98.3 Å². The Labute approximate surface area is 340 Å². The lowest BCUT2D eigenvalue weighted by atomic mass is 9.61. The molecule has 1 spiro atoms. The van der Waals surface area contributed by atoms with Gasteiger partial charge in [-0.2, -0.15) is 5.26 Å². The molecule has 2 saturated carbocycles. The third-order valence-electron chi connectivity index (χ3n) is 12.1. The van der Waals surface area contributed by atoms with E-state index < -0.39 is 0 Å². The first-order chi connectivity index (χ1) is 27.6. The molecule has 4 aromatic heterocycles. The van der Waals surface area contributed by atoms with Gasteiger partial charge < -0.3 is 19.7 Å². The first-order valence-corrected chi connectivity index (χ1v) is 20.8.